The first-order chi connectivity index (χ1) is 16.2. The summed E-state index contributed by atoms with van der Waals surface area (Å²) in [5.41, 5.74) is 1.01. The van der Waals surface area contributed by atoms with Crippen LogP contribution in [0.4, 0.5) is 0 Å². The third kappa shape index (κ3) is 4.01. The van der Waals surface area contributed by atoms with Gasteiger partial charge >= 0.3 is 11.9 Å². The molecule has 8 nitrogen and oxygen atoms in total. The first-order valence-corrected chi connectivity index (χ1v) is 10.4. The highest BCUT2D eigenvalue weighted by molar-refractivity contribution is 5.92. The van der Waals surface area contributed by atoms with Crippen molar-refractivity contribution >= 4 is 11.9 Å². The molecule has 4 rings (SSSR count). The summed E-state index contributed by atoms with van der Waals surface area (Å²) in [6, 6.07) is 12.7. The van der Waals surface area contributed by atoms with Gasteiger partial charge in [-0.2, -0.15) is 0 Å². The Kier molecular flexibility index (Phi) is 5.89. The molecule has 0 amide bonds. The first-order valence-electron chi connectivity index (χ1n) is 10.4. The van der Waals surface area contributed by atoms with Crippen LogP contribution in [0.2, 0.25) is 0 Å². The second kappa shape index (κ2) is 8.82. The minimum Gasteiger partial charge on any atom is -0.507 e. The normalized spacial score (nSPS) is 12.9. The standard InChI is InChI=1S/C26H22O8/c1-13-9-15(11-18(23(13)27)25(29)30)22(21-6-4-8-34-21)16-10-17(14(2)20-5-3-7-33-20)24(28)19(12-16)26(31)32/h3-12,14,22,27-28H,1-2H3,(H,29,30)(H,31,32). The van der Waals surface area contributed by atoms with Gasteiger partial charge in [0.2, 0.25) is 0 Å². The highest BCUT2D eigenvalue weighted by Crippen LogP contribution is 2.41. The minimum atomic E-state index is -1.32. The second-order valence-electron chi connectivity index (χ2n) is 8.04. The molecule has 2 atom stereocenters. The number of hydrogen-bond donors (Lipinski definition) is 4. The van der Waals surface area contributed by atoms with Crippen molar-refractivity contribution in [3.05, 3.63) is 106 Å². The van der Waals surface area contributed by atoms with Crippen molar-refractivity contribution in [1.82, 2.24) is 0 Å². The van der Waals surface area contributed by atoms with Crippen LogP contribution in [0.15, 0.2) is 69.9 Å². The van der Waals surface area contributed by atoms with Crippen molar-refractivity contribution in [3.63, 3.8) is 0 Å². The third-order valence-corrected chi connectivity index (χ3v) is 5.88. The molecule has 8 heteroatoms. The first kappa shape index (κ1) is 22.7. The summed E-state index contributed by atoms with van der Waals surface area (Å²) in [4.78, 5) is 23.7. The Hall–Kier alpha value is -4.46. The van der Waals surface area contributed by atoms with Gasteiger partial charge in [-0.15, -0.1) is 0 Å². The topological polar surface area (TPSA) is 141 Å². The molecule has 0 aliphatic carbocycles. The van der Waals surface area contributed by atoms with Gasteiger partial charge in [0.25, 0.3) is 0 Å². The van der Waals surface area contributed by atoms with Crippen molar-refractivity contribution in [3.8, 4) is 11.5 Å². The number of hydrogen-bond acceptors (Lipinski definition) is 6. The van der Waals surface area contributed by atoms with Gasteiger partial charge in [0, 0.05) is 11.5 Å². The number of carbonyl (C=O) groups is 2. The van der Waals surface area contributed by atoms with E-state index in [4.69, 9.17) is 8.83 Å². The highest BCUT2D eigenvalue weighted by Gasteiger charge is 2.28. The van der Waals surface area contributed by atoms with E-state index < -0.39 is 23.8 Å². The summed E-state index contributed by atoms with van der Waals surface area (Å²) in [5.74, 6) is -3.57. The van der Waals surface area contributed by atoms with Gasteiger partial charge in [-0.1, -0.05) is 19.1 Å². The number of benzene rings is 2. The SMILES string of the molecule is Cc1cc(C(c2cc(C(=O)O)c(O)c(C(C)c3ccco3)c2)c2ccco2)cc(C(=O)O)c1O. The van der Waals surface area contributed by atoms with E-state index in [1.165, 1.54) is 24.7 Å². The Bertz CT molecular complexity index is 1350. The number of furan rings is 2. The number of rotatable bonds is 7. The summed E-state index contributed by atoms with van der Waals surface area (Å²) in [7, 11) is 0. The fraction of sp³-hybridized carbons (Fsp3) is 0.154. The number of aromatic carboxylic acids is 2. The molecule has 2 unspecified atom stereocenters. The number of aromatic hydroxyl groups is 2. The number of carboxylic acids is 2. The van der Waals surface area contributed by atoms with E-state index in [0.717, 1.165) is 0 Å². The van der Waals surface area contributed by atoms with Crippen LogP contribution < -0.4 is 0 Å². The Morgan fingerprint density at radius 2 is 1.32 bits per heavy atom. The molecule has 174 valence electrons. The zero-order chi connectivity index (χ0) is 24.6. The van der Waals surface area contributed by atoms with E-state index in [2.05, 4.69) is 0 Å². The van der Waals surface area contributed by atoms with Crippen molar-refractivity contribution < 1.29 is 38.8 Å². The van der Waals surface area contributed by atoms with Crippen molar-refractivity contribution in [2.24, 2.45) is 0 Å². The smallest absolute Gasteiger partial charge is 0.339 e. The number of aryl methyl sites for hydroxylation is 1. The molecule has 0 saturated carbocycles. The Morgan fingerprint density at radius 1 is 0.794 bits per heavy atom. The van der Waals surface area contributed by atoms with Gasteiger partial charge in [0.05, 0.1) is 18.4 Å². The largest absolute Gasteiger partial charge is 0.507 e. The van der Waals surface area contributed by atoms with Crippen LogP contribution in [0.25, 0.3) is 0 Å². The van der Waals surface area contributed by atoms with Crippen molar-refractivity contribution in [2.45, 2.75) is 25.7 Å². The molecule has 0 fully saturated rings. The molecule has 2 heterocycles. The Labute approximate surface area is 194 Å². The maximum Gasteiger partial charge on any atom is 0.339 e. The molecule has 0 aliphatic heterocycles. The van der Waals surface area contributed by atoms with E-state index in [0.29, 0.717) is 33.8 Å². The molecule has 0 radical (unpaired) electrons. The maximum atomic E-state index is 12.0. The van der Waals surface area contributed by atoms with Crippen LogP contribution in [-0.2, 0) is 0 Å². The number of carboxylic acid groups (broad SMARTS) is 2. The van der Waals surface area contributed by atoms with Crippen LogP contribution in [0, 0.1) is 6.92 Å². The van der Waals surface area contributed by atoms with Gasteiger partial charge < -0.3 is 29.3 Å². The van der Waals surface area contributed by atoms with E-state index in [9.17, 15) is 30.0 Å². The van der Waals surface area contributed by atoms with Gasteiger partial charge in [-0.25, -0.2) is 9.59 Å². The lowest BCUT2D eigenvalue weighted by atomic mass is 9.83. The molecular weight excluding hydrogens is 440 g/mol. The summed E-state index contributed by atoms with van der Waals surface area (Å²) >= 11 is 0. The average Bonchev–Trinajstić information content (AvgIpc) is 3.51. The Morgan fingerprint density at radius 3 is 1.85 bits per heavy atom. The van der Waals surface area contributed by atoms with Crippen molar-refractivity contribution in [1.29, 1.82) is 0 Å². The zero-order valence-corrected chi connectivity index (χ0v) is 18.4. The Balaban J connectivity index is 1.99. The molecule has 0 saturated heterocycles. The summed E-state index contributed by atoms with van der Waals surface area (Å²) in [6.45, 7) is 3.35. The molecule has 2 aromatic heterocycles. The maximum absolute atomic E-state index is 12.0. The van der Waals surface area contributed by atoms with E-state index in [-0.39, 0.29) is 22.6 Å². The zero-order valence-electron chi connectivity index (χ0n) is 18.4. The molecular formula is C26H22O8. The van der Waals surface area contributed by atoms with Gasteiger partial charge in [-0.05, 0) is 60.0 Å². The van der Waals surface area contributed by atoms with Crippen LogP contribution in [-0.4, -0.2) is 32.4 Å². The molecule has 4 aromatic rings. The second-order valence-corrected chi connectivity index (χ2v) is 8.04. The van der Waals surface area contributed by atoms with E-state index in [1.807, 2.05) is 0 Å². The molecule has 0 bridgehead atoms. The lowest BCUT2D eigenvalue weighted by Crippen LogP contribution is -2.10. The molecule has 0 spiro atoms. The van der Waals surface area contributed by atoms with Crippen LogP contribution in [0.3, 0.4) is 0 Å². The predicted octanol–water partition coefficient (Wildman–Crippen LogP) is 5.32. The van der Waals surface area contributed by atoms with Crippen LogP contribution in [0.1, 0.15) is 73.2 Å². The summed E-state index contributed by atoms with van der Waals surface area (Å²) in [5, 5.41) is 40.4. The lowest BCUT2D eigenvalue weighted by molar-refractivity contribution is 0.0682. The fourth-order valence-corrected chi connectivity index (χ4v) is 4.14. The minimum absolute atomic E-state index is 0.284. The lowest BCUT2D eigenvalue weighted by Gasteiger charge is -2.21. The molecule has 4 N–H and O–H groups in total. The van der Waals surface area contributed by atoms with Gasteiger partial charge in [0.15, 0.2) is 0 Å². The molecule has 34 heavy (non-hydrogen) atoms. The highest BCUT2D eigenvalue weighted by atomic mass is 16.4. The summed E-state index contributed by atoms with van der Waals surface area (Å²) in [6.07, 6.45) is 2.95. The number of phenols is 2. The van der Waals surface area contributed by atoms with Crippen LogP contribution in [0.5, 0.6) is 11.5 Å². The van der Waals surface area contributed by atoms with E-state index >= 15 is 0 Å². The molecule has 2 aromatic carbocycles. The van der Waals surface area contributed by atoms with E-state index in [1.54, 1.807) is 50.2 Å². The van der Waals surface area contributed by atoms with Crippen molar-refractivity contribution in [2.75, 3.05) is 0 Å². The van der Waals surface area contributed by atoms with Crippen LogP contribution >= 0.6 is 0 Å². The summed E-state index contributed by atoms with van der Waals surface area (Å²) < 4.78 is 11.1. The molecule has 0 aliphatic rings. The van der Waals surface area contributed by atoms with Gasteiger partial charge in [0.1, 0.15) is 34.1 Å². The monoisotopic (exact) mass is 462 g/mol. The fourth-order valence-electron chi connectivity index (χ4n) is 4.14. The van der Waals surface area contributed by atoms with Gasteiger partial charge in [-0.3, -0.25) is 0 Å². The third-order valence-electron chi connectivity index (χ3n) is 5.88. The average molecular weight is 462 g/mol. The quantitative estimate of drug-likeness (QED) is 0.289. The predicted molar refractivity (Wildman–Crippen MR) is 121 cm³/mol.